The third kappa shape index (κ3) is 1.05. The molecule has 0 heterocycles. The van der Waals surface area contributed by atoms with Crippen LogP contribution in [0.3, 0.4) is 0 Å². The minimum atomic E-state index is 0.310. The van der Waals surface area contributed by atoms with Gasteiger partial charge < -0.3 is 0 Å². The molecule has 1 heteroatoms. The summed E-state index contributed by atoms with van der Waals surface area (Å²) >= 11 is 0. The molecule has 0 aliphatic heterocycles. The Morgan fingerprint density at radius 2 is 2.18 bits per heavy atom. The van der Waals surface area contributed by atoms with E-state index < -0.39 is 0 Å². The van der Waals surface area contributed by atoms with Gasteiger partial charge in [-0.05, 0) is 43.9 Å². The van der Waals surface area contributed by atoms with Crippen LogP contribution in [0.4, 0.5) is 0 Å². The number of nitriles is 1. The van der Waals surface area contributed by atoms with Gasteiger partial charge in [0.05, 0.1) is 6.07 Å². The third-order valence-electron chi connectivity index (χ3n) is 3.64. The highest BCUT2D eigenvalue weighted by atomic mass is 14.5. The van der Waals surface area contributed by atoms with Crippen molar-refractivity contribution < 1.29 is 0 Å². The van der Waals surface area contributed by atoms with E-state index in [2.05, 4.69) is 13.0 Å². The Hall–Kier alpha value is -0.510. The minimum Gasteiger partial charge on any atom is -0.198 e. The topological polar surface area (TPSA) is 23.8 Å². The Labute approximate surface area is 68.4 Å². The molecule has 0 aromatic carbocycles. The Kier molecular flexibility index (Phi) is 1.64. The van der Waals surface area contributed by atoms with Gasteiger partial charge in [0, 0.05) is 5.92 Å². The first-order valence-corrected chi connectivity index (χ1v) is 4.71. The lowest BCUT2D eigenvalue weighted by molar-refractivity contribution is 0.280. The van der Waals surface area contributed by atoms with Crippen LogP contribution in [0.5, 0.6) is 0 Å². The van der Waals surface area contributed by atoms with Crippen LogP contribution in [-0.4, -0.2) is 0 Å². The molecule has 11 heavy (non-hydrogen) atoms. The molecule has 2 saturated carbocycles. The smallest absolute Gasteiger partial charge is 0.0655 e. The summed E-state index contributed by atoms with van der Waals surface area (Å²) in [6.07, 6.45) is 5.62. The summed E-state index contributed by atoms with van der Waals surface area (Å²) < 4.78 is 0. The third-order valence-corrected chi connectivity index (χ3v) is 3.64. The van der Waals surface area contributed by atoms with Crippen molar-refractivity contribution in [3.8, 4) is 6.07 Å². The second kappa shape index (κ2) is 2.52. The van der Waals surface area contributed by atoms with Crippen molar-refractivity contribution in [3.63, 3.8) is 0 Å². The maximum absolute atomic E-state index is 8.77. The van der Waals surface area contributed by atoms with Gasteiger partial charge in [-0.15, -0.1) is 0 Å². The van der Waals surface area contributed by atoms with Gasteiger partial charge in [0.1, 0.15) is 0 Å². The van der Waals surface area contributed by atoms with Crippen molar-refractivity contribution in [1.82, 2.24) is 0 Å². The van der Waals surface area contributed by atoms with E-state index in [-0.39, 0.29) is 0 Å². The quantitative estimate of drug-likeness (QED) is 0.562. The molecule has 2 fully saturated rings. The first-order valence-electron chi connectivity index (χ1n) is 4.71. The predicted octanol–water partition coefficient (Wildman–Crippen LogP) is 2.58. The van der Waals surface area contributed by atoms with E-state index in [9.17, 15) is 0 Å². The molecule has 0 saturated heterocycles. The van der Waals surface area contributed by atoms with E-state index in [1.807, 2.05) is 0 Å². The summed E-state index contributed by atoms with van der Waals surface area (Å²) in [5.41, 5.74) is 0. The molecular weight excluding hydrogens is 134 g/mol. The Morgan fingerprint density at radius 3 is 2.64 bits per heavy atom. The number of rotatable bonds is 1. The van der Waals surface area contributed by atoms with Crippen molar-refractivity contribution in [2.24, 2.45) is 23.7 Å². The van der Waals surface area contributed by atoms with Crippen LogP contribution in [0.1, 0.15) is 32.6 Å². The van der Waals surface area contributed by atoms with Gasteiger partial charge in [-0.25, -0.2) is 0 Å². The molecule has 2 aliphatic carbocycles. The summed E-state index contributed by atoms with van der Waals surface area (Å²) in [7, 11) is 0. The molecule has 2 aliphatic rings. The summed E-state index contributed by atoms with van der Waals surface area (Å²) in [6, 6.07) is 2.39. The number of nitrogens with zero attached hydrogens (tertiary/aromatic N) is 1. The lowest BCUT2D eigenvalue weighted by Crippen LogP contribution is -2.17. The van der Waals surface area contributed by atoms with Crippen LogP contribution >= 0.6 is 0 Å². The molecule has 0 amide bonds. The van der Waals surface area contributed by atoms with Gasteiger partial charge in [-0.2, -0.15) is 5.26 Å². The Morgan fingerprint density at radius 1 is 1.36 bits per heavy atom. The monoisotopic (exact) mass is 149 g/mol. The van der Waals surface area contributed by atoms with Crippen LogP contribution in [0.25, 0.3) is 0 Å². The van der Waals surface area contributed by atoms with Crippen molar-refractivity contribution in [2.75, 3.05) is 0 Å². The Bertz CT molecular complexity index is 192. The number of fused-ring (bicyclic) bond motifs is 2. The van der Waals surface area contributed by atoms with E-state index in [1.165, 1.54) is 25.7 Å². The SMILES string of the molecule is CC(C#N)C1CC2CCC1C2. The Balaban J connectivity index is 2.03. The summed E-state index contributed by atoms with van der Waals surface area (Å²) in [5.74, 6) is 2.96. The second-order valence-electron chi connectivity index (χ2n) is 4.26. The zero-order chi connectivity index (χ0) is 7.84. The largest absolute Gasteiger partial charge is 0.198 e. The average Bonchev–Trinajstić information content (AvgIpc) is 2.62. The van der Waals surface area contributed by atoms with E-state index in [0.717, 1.165) is 17.8 Å². The van der Waals surface area contributed by atoms with E-state index in [0.29, 0.717) is 5.92 Å². The summed E-state index contributed by atoms with van der Waals surface area (Å²) in [4.78, 5) is 0. The number of hydrogen-bond acceptors (Lipinski definition) is 1. The van der Waals surface area contributed by atoms with Crippen molar-refractivity contribution in [3.05, 3.63) is 0 Å². The van der Waals surface area contributed by atoms with Gasteiger partial charge >= 0.3 is 0 Å². The first-order chi connectivity index (χ1) is 5.31. The summed E-state index contributed by atoms with van der Waals surface area (Å²) in [6.45, 7) is 2.09. The fourth-order valence-corrected chi connectivity index (χ4v) is 3.00. The second-order valence-corrected chi connectivity index (χ2v) is 4.26. The molecule has 0 aromatic rings. The molecule has 2 rings (SSSR count). The first kappa shape index (κ1) is 7.16. The minimum absolute atomic E-state index is 0.310. The lowest BCUT2D eigenvalue weighted by atomic mass is 9.81. The molecule has 0 spiro atoms. The fourth-order valence-electron chi connectivity index (χ4n) is 3.00. The van der Waals surface area contributed by atoms with Crippen LogP contribution in [0.2, 0.25) is 0 Å². The highest BCUT2D eigenvalue weighted by Gasteiger charge is 2.41. The highest BCUT2D eigenvalue weighted by Crippen LogP contribution is 2.50. The molecule has 0 radical (unpaired) electrons. The van der Waals surface area contributed by atoms with Gasteiger partial charge in [-0.3, -0.25) is 0 Å². The predicted molar refractivity (Wildman–Crippen MR) is 43.7 cm³/mol. The van der Waals surface area contributed by atoms with Crippen LogP contribution < -0.4 is 0 Å². The molecule has 4 unspecified atom stereocenters. The highest BCUT2D eigenvalue weighted by molar-refractivity contribution is 4.97. The molecule has 2 bridgehead atoms. The van der Waals surface area contributed by atoms with Crippen molar-refractivity contribution >= 4 is 0 Å². The lowest BCUT2D eigenvalue weighted by Gasteiger charge is -2.23. The average molecular weight is 149 g/mol. The molecule has 60 valence electrons. The molecular formula is C10H15N. The van der Waals surface area contributed by atoms with Crippen molar-refractivity contribution in [1.29, 1.82) is 5.26 Å². The van der Waals surface area contributed by atoms with Gasteiger partial charge in [0.2, 0.25) is 0 Å². The van der Waals surface area contributed by atoms with E-state index >= 15 is 0 Å². The molecule has 0 N–H and O–H groups in total. The summed E-state index contributed by atoms with van der Waals surface area (Å²) in [5, 5.41) is 8.77. The van der Waals surface area contributed by atoms with Crippen LogP contribution in [0.15, 0.2) is 0 Å². The number of hydrogen-bond donors (Lipinski definition) is 0. The van der Waals surface area contributed by atoms with Gasteiger partial charge in [0.15, 0.2) is 0 Å². The van der Waals surface area contributed by atoms with E-state index in [1.54, 1.807) is 0 Å². The molecule has 0 aromatic heterocycles. The van der Waals surface area contributed by atoms with Crippen molar-refractivity contribution in [2.45, 2.75) is 32.6 Å². The van der Waals surface area contributed by atoms with Gasteiger partial charge in [0.25, 0.3) is 0 Å². The zero-order valence-corrected chi connectivity index (χ0v) is 7.09. The maximum Gasteiger partial charge on any atom is 0.0655 e. The van der Waals surface area contributed by atoms with Crippen LogP contribution in [-0.2, 0) is 0 Å². The van der Waals surface area contributed by atoms with E-state index in [4.69, 9.17) is 5.26 Å². The maximum atomic E-state index is 8.77. The molecule has 1 nitrogen and oxygen atoms in total. The fraction of sp³-hybridized carbons (Fsp3) is 0.900. The van der Waals surface area contributed by atoms with Crippen LogP contribution in [0, 0.1) is 35.0 Å². The molecule has 4 atom stereocenters. The standard InChI is InChI=1S/C10H15N/c1-7(6-11)10-5-8-2-3-9(10)4-8/h7-10H,2-5H2,1H3. The zero-order valence-electron chi connectivity index (χ0n) is 7.09. The van der Waals surface area contributed by atoms with Gasteiger partial charge in [-0.1, -0.05) is 6.42 Å². The normalized spacial score (nSPS) is 43.8.